The number of nitrogens with two attached hydrogens (primary N) is 1. The standard InChI is InChI=1S/C11H16N2.2ClH/c1-9(8-12)13-7-6-10-4-2-3-5-11(10)13;;/h2-5,9H,6-8,12H2,1H3;2*1H. The van der Waals surface area contributed by atoms with Gasteiger partial charge in [-0.1, -0.05) is 18.2 Å². The zero-order valence-corrected chi connectivity index (χ0v) is 10.5. The quantitative estimate of drug-likeness (QED) is 0.870. The average molecular weight is 249 g/mol. The van der Waals surface area contributed by atoms with Gasteiger partial charge in [0.1, 0.15) is 0 Å². The maximum atomic E-state index is 5.67. The van der Waals surface area contributed by atoms with Crippen LogP contribution in [0.2, 0.25) is 0 Å². The summed E-state index contributed by atoms with van der Waals surface area (Å²) in [6.45, 7) is 4.04. The van der Waals surface area contributed by atoms with E-state index in [0.29, 0.717) is 6.04 Å². The summed E-state index contributed by atoms with van der Waals surface area (Å²) in [4.78, 5) is 2.40. The van der Waals surface area contributed by atoms with Crippen LogP contribution in [0.5, 0.6) is 0 Å². The van der Waals surface area contributed by atoms with Crippen LogP contribution in [0.4, 0.5) is 5.69 Å². The number of hydrogen-bond acceptors (Lipinski definition) is 2. The fourth-order valence-corrected chi connectivity index (χ4v) is 1.95. The van der Waals surface area contributed by atoms with Crippen molar-refractivity contribution in [1.29, 1.82) is 0 Å². The molecule has 0 spiro atoms. The average Bonchev–Trinajstić information content (AvgIpc) is 2.60. The van der Waals surface area contributed by atoms with Crippen molar-refractivity contribution in [2.45, 2.75) is 19.4 Å². The van der Waals surface area contributed by atoms with Gasteiger partial charge in [0.25, 0.3) is 0 Å². The van der Waals surface area contributed by atoms with Gasteiger partial charge in [-0.05, 0) is 25.0 Å². The van der Waals surface area contributed by atoms with E-state index in [-0.39, 0.29) is 24.8 Å². The third-order valence-electron chi connectivity index (χ3n) is 2.80. The highest BCUT2D eigenvalue weighted by Crippen LogP contribution is 2.28. The molecule has 1 atom stereocenters. The second-order valence-corrected chi connectivity index (χ2v) is 3.66. The molecule has 0 amide bonds. The smallest absolute Gasteiger partial charge is 0.0402 e. The predicted molar refractivity (Wildman–Crippen MR) is 70.5 cm³/mol. The number of rotatable bonds is 2. The van der Waals surface area contributed by atoms with Crippen molar-refractivity contribution in [3.05, 3.63) is 29.8 Å². The molecule has 0 saturated heterocycles. The van der Waals surface area contributed by atoms with Crippen LogP contribution in [0.3, 0.4) is 0 Å². The third-order valence-corrected chi connectivity index (χ3v) is 2.80. The van der Waals surface area contributed by atoms with Crippen LogP contribution in [0, 0.1) is 0 Å². The first-order chi connectivity index (χ1) is 6.33. The number of para-hydroxylation sites is 1. The topological polar surface area (TPSA) is 29.3 Å². The van der Waals surface area contributed by atoms with Gasteiger partial charge in [-0.2, -0.15) is 0 Å². The van der Waals surface area contributed by atoms with Gasteiger partial charge in [0.2, 0.25) is 0 Å². The van der Waals surface area contributed by atoms with Gasteiger partial charge < -0.3 is 10.6 Å². The van der Waals surface area contributed by atoms with E-state index in [1.165, 1.54) is 17.7 Å². The number of fused-ring (bicyclic) bond motifs is 1. The summed E-state index contributed by atoms with van der Waals surface area (Å²) in [5.74, 6) is 0. The normalized spacial score (nSPS) is 14.9. The Labute approximate surface area is 104 Å². The molecule has 1 unspecified atom stereocenters. The molecular weight excluding hydrogens is 231 g/mol. The molecule has 0 aliphatic carbocycles. The van der Waals surface area contributed by atoms with E-state index in [1.54, 1.807) is 0 Å². The molecule has 0 fully saturated rings. The molecule has 1 aliphatic heterocycles. The fourth-order valence-electron chi connectivity index (χ4n) is 1.95. The minimum absolute atomic E-state index is 0. The molecule has 0 radical (unpaired) electrons. The van der Waals surface area contributed by atoms with Crippen molar-refractivity contribution in [2.75, 3.05) is 18.0 Å². The Hall–Kier alpha value is -0.440. The highest BCUT2D eigenvalue weighted by molar-refractivity contribution is 5.85. The van der Waals surface area contributed by atoms with Gasteiger partial charge in [0.05, 0.1) is 0 Å². The maximum absolute atomic E-state index is 5.67. The monoisotopic (exact) mass is 248 g/mol. The van der Waals surface area contributed by atoms with Gasteiger partial charge >= 0.3 is 0 Å². The second kappa shape index (κ2) is 6.21. The van der Waals surface area contributed by atoms with Gasteiger partial charge in [0.15, 0.2) is 0 Å². The molecule has 2 rings (SSSR count). The van der Waals surface area contributed by atoms with E-state index in [4.69, 9.17) is 5.73 Å². The fraction of sp³-hybridized carbons (Fsp3) is 0.455. The number of anilines is 1. The number of halogens is 2. The summed E-state index contributed by atoms with van der Waals surface area (Å²) in [6.07, 6.45) is 1.17. The Morgan fingerprint density at radius 2 is 2.00 bits per heavy atom. The Balaban J connectivity index is 0.000000980. The van der Waals surface area contributed by atoms with Gasteiger partial charge in [-0.25, -0.2) is 0 Å². The van der Waals surface area contributed by atoms with Crippen LogP contribution in [-0.2, 0) is 6.42 Å². The van der Waals surface area contributed by atoms with E-state index in [1.807, 2.05) is 0 Å². The maximum Gasteiger partial charge on any atom is 0.0402 e. The SMILES string of the molecule is CC(CN)N1CCc2ccccc21.Cl.Cl. The molecule has 1 aromatic carbocycles. The minimum Gasteiger partial charge on any atom is -0.367 e. The Morgan fingerprint density at radius 1 is 1.33 bits per heavy atom. The van der Waals surface area contributed by atoms with Crippen LogP contribution in [-0.4, -0.2) is 19.1 Å². The van der Waals surface area contributed by atoms with Gasteiger partial charge in [-0.15, -0.1) is 24.8 Å². The lowest BCUT2D eigenvalue weighted by molar-refractivity contribution is 0.663. The van der Waals surface area contributed by atoms with Crippen LogP contribution >= 0.6 is 24.8 Å². The lowest BCUT2D eigenvalue weighted by Gasteiger charge is -2.25. The van der Waals surface area contributed by atoms with E-state index >= 15 is 0 Å². The van der Waals surface area contributed by atoms with Crippen LogP contribution in [0.15, 0.2) is 24.3 Å². The largest absolute Gasteiger partial charge is 0.367 e. The molecule has 15 heavy (non-hydrogen) atoms. The highest BCUT2D eigenvalue weighted by Gasteiger charge is 2.21. The zero-order valence-electron chi connectivity index (χ0n) is 8.85. The first-order valence-corrected chi connectivity index (χ1v) is 4.87. The number of hydrogen-bond donors (Lipinski definition) is 1. The molecule has 0 bridgehead atoms. The molecule has 0 saturated carbocycles. The zero-order chi connectivity index (χ0) is 9.26. The van der Waals surface area contributed by atoms with Crippen LogP contribution < -0.4 is 10.6 Å². The number of nitrogens with zero attached hydrogens (tertiary/aromatic N) is 1. The van der Waals surface area contributed by atoms with Crippen LogP contribution in [0.1, 0.15) is 12.5 Å². The first kappa shape index (κ1) is 14.6. The van der Waals surface area contributed by atoms with Gasteiger partial charge in [0, 0.05) is 24.8 Å². The Morgan fingerprint density at radius 3 is 2.67 bits per heavy atom. The molecule has 1 aromatic rings. The molecular formula is C11H18Cl2N2. The highest BCUT2D eigenvalue weighted by atomic mass is 35.5. The molecule has 2 nitrogen and oxygen atoms in total. The molecule has 86 valence electrons. The lowest BCUT2D eigenvalue weighted by atomic mass is 10.2. The summed E-state index contributed by atoms with van der Waals surface area (Å²) in [7, 11) is 0. The third kappa shape index (κ3) is 2.77. The van der Waals surface area contributed by atoms with E-state index < -0.39 is 0 Å². The molecule has 4 heteroatoms. The minimum atomic E-state index is 0. The summed E-state index contributed by atoms with van der Waals surface area (Å²) < 4.78 is 0. The molecule has 1 aliphatic rings. The van der Waals surface area contributed by atoms with Crippen molar-refractivity contribution < 1.29 is 0 Å². The summed E-state index contributed by atoms with van der Waals surface area (Å²) >= 11 is 0. The van der Waals surface area contributed by atoms with Crippen molar-refractivity contribution in [1.82, 2.24) is 0 Å². The van der Waals surface area contributed by atoms with Crippen molar-refractivity contribution in [3.63, 3.8) is 0 Å². The van der Waals surface area contributed by atoms with E-state index in [2.05, 4.69) is 36.1 Å². The van der Waals surface area contributed by atoms with Crippen LogP contribution in [0.25, 0.3) is 0 Å². The van der Waals surface area contributed by atoms with Crippen molar-refractivity contribution in [3.8, 4) is 0 Å². The lowest BCUT2D eigenvalue weighted by Crippen LogP contribution is -2.37. The van der Waals surface area contributed by atoms with E-state index in [9.17, 15) is 0 Å². The predicted octanol–water partition coefficient (Wildman–Crippen LogP) is 2.24. The first-order valence-electron chi connectivity index (χ1n) is 4.87. The molecule has 1 heterocycles. The van der Waals surface area contributed by atoms with Gasteiger partial charge in [-0.3, -0.25) is 0 Å². The molecule has 0 aromatic heterocycles. The summed E-state index contributed by atoms with van der Waals surface area (Å²) in [5, 5.41) is 0. The number of benzene rings is 1. The molecule has 2 N–H and O–H groups in total. The van der Waals surface area contributed by atoms with Crippen molar-refractivity contribution in [2.24, 2.45) is 5.73 Å². The van der Waals surface area contributed by atoms with Crippen molar-refractivity contribution >= 4 is 30.5 Å². The Bertz CT molecular complexity index is 304. The summed E-state index contributed by atoms with van der Waals surface area (Å²) in [6, 6.07) is 9.06. The Kier molecular flexibility index (Phi) is 6.03. The summed E-state index contributed by atoms with van der Waals surface area (Å²) in [5.41, 5.74) is 8.50. The van der Waals surface area contributed by atoms with E-state index in [0.717, 1.165) is 13.1 Å². The second-order valence-electron chi connectivity index (χ2n) is 3.66.